The van der Waals surface area contributed by atoms with Crippen molar-refractivity contribution in [2.24, 2.45) is 0 Å². The number of hydrogen-bond acceptors (Lipinski definition) is 6. The summed E-state index contributed by atoms with van der Waals surface area (Å²) in [5.74, 6) is 1.41. The number of fused-ring (bicyclic) bond motifs is 1. The smallest absolute Gasteiger partial charge is 0.249 e. The minimum absolute atomic E-state index is 0.0948. The minimum Gasteiger partial charge on any atom is -0.497 e. The highest BCUT2D eigenvalue weighted by Gasteiger charge is 2.34. The minimum atomic E-state index is -0.220. The highest BCUT2D eigenvalue weighted by molar-refractivity contribution is 6.05. The van der Waals surface area contributed by atoms with Crippen LogP contribution < -0.4 is 19.9 Å². The summed E-state index contributed by atoms with van der Waals surface area (Å²) in [5.41, 5.74) is 4.58. The number of carbonyl (C=O) groups is 1. The van der Waals surface area contributed by atoms with Gasteiger partial charge in [0.15, 0.2) is 0 Å². The Labute approximate surface area is 182 Å². The molecule has 31 heavy (non-hydrogen) atoms. The summed E-state index contributed by atoms with van der Waals surface area (Å²) < 4.78 is 5.23. The summed E-state index contributed by atoms with van der Waals surface area (Å²) in [7, 11) is 3.47. The molecule has 0 bridgehead atoms. The van der Waals surface area contributed by atoms with Crippen LogP contribution in [0.1, 0.15) is 20.8 Å². The SMILES string of the molecule is COc1ccc(-c2ccnc(Nc3ccc4c(c3)N(C(C)C)[C@H](C)C(=O)N4C)n2)cc1. The number of rotatable bonds is 5. The van der Waals surface area contributed by atoms with Crippen molar-refractivity contribution in [3.63, 3.8) is 0 Å². The van der Waals surface area contributed by atoms with Gasteiger partial charge in [0.2, 0.25) is 11.9 Å². The summed E-state index contributed by atoms with van der Waals surface area (Å²) in [6.45, 7) is 6.14. The molecule has 1 N–H and O–H groups in total. The molecule has 160 valence electrons. The fourth-order valence-corrected chi connectivity index (χ4v) is 4.01. The lowest BCUT2D eigenvalue weighted by atomic mass is 10.0. The van der Waals surface area contributed by atoms with Gasteiger partial charge in [0.05, 0.1) is 24.2 Å². The van der Waals surface area contributed by atoms with Gasteiger partial charge in [-0.15, -0.1) is 0 Å². The van der Waals surface area contributed by atoms with Crippen LogP contribution in [-0.2, 0) is 4.79 Å². The number of ether oxygens (including phenoxy) is 1. The number of anilines is 4. The van der Waals surface area contributed by atoms with Crippen LogP contribution in [0.4, 0.5) is 23.0 Å². The predicted octanol–water partition coefficient (Wildman–Crippen LogP) is 4.48. The van der Waals surface area contributed by atoms with Gasteiger partial charge in [0.25, 0.3) is 0 Å². The molecular formula is C24H27N5O2. The first kappa shape index (κ1) is 20.7. The molecule has 1 amide bonds. The fraction of sp³-hybridized carbons (Fsp3) is 0.292. The van der Waals surface area contributed by atoms with Gasteiger partial charge in [0, 0.05) is 30.5 Å². The third kappa shape index (κ3) is 3.91. The molecule has 1 aliphatic rings. The number of aromatic nitrogens is 2. The Morgan fingerprint density at radius 3 is 2.48 bits per heavy atom. The zero-order valence-corrected chi connectivity index (χ0v) is 18.5. The number of likely N-dealkylation sites (N-methyl/N-ethyl adjacent to an activating group) is 1. The van der Waals surface area contributed by atoms with Gasteiger partial charge in [-0.2, -0.15) is 0 Å². The third-order valence-corrected chi connectivity index (χ3v) is 5.57. The Morgan fingerprint density at radius 2 is 1.81 bits per heavy atom. The highest BCUT2D eigenvalue weighted by atomic mass is 16.5. The van der Waals surface area contributed by atoms with Crippen molar-refractivity contribution < 1.29 is 9.53 Å². The molecule has 0 fully saturated rings. The number of hydrogen-bond donors (Lipinski definition) is 1. The van der Waals surface area contributed by atoms with Crippen LogP contribution in [-0.4, -0.2) is 42.1 Å². The maximum Gasteiger partial charge on any atom is 0.249 e. The maximum absolute atomic E-state index is 12.6. The Kier molecular flexibility index (Phi) is 5.50. The molecule has 2 heterocycles. The van der Waals surface area contributed by atoms with E-state index in [1.165, 1.54) is 0 Å². The monoisotopic (exact) mass is 417 g/mol. The second-order valence-electron chi connectivity index (χ2n) is 7.90. The number of nitrogens with zero attached hydrogens (tertiary/aromatic N) is 4. The first-order valence-electron chi connectivity index (χ1n) is 10.3. The number of methoxy groups -OCH3 is 1. The lowest BCUT2D eigenvalue weighted by molar-refractivity contribution is -0.119. The molecule has 1 atom stereocenters. The van der Waals surface area contributed by atoms with E-state index in [2.05, 4.69) is 40.1 Å². The Morgan fingerprint density at radius 1 is 1.06 bits per heavy atom. The number of nitrogens with one attached hydrogen (secondary N) is 1. The van der Waals surface area contributed by atoms with Gasteiger partial charge in [-0.1, -0.05) is 0 Å². The maximum atomic E-state index is 12.6. The quantitative estimate of drug-likeness (QED) is 0.660. The van der Waals surface area contributed by atoms with Crippen LogP contribution in [0.2, 0.25) is 0 Å². The van der Waals surface area contributed by atoms with Crippen LogP contribution in [0.25, 0.3) is 11.3 Å². The van der Waals surface area contributed by atoms with Crippen LogP contribution in [0, 0.1) is 0 Å². The topological polar surface area (TPSA) is 70.6 Å². The average Bonchev–Trinajstić information content (AvgIpc) is 2.77. The van der Waals surface area contributed by atoms with E-state index in [9.17, 15) is 4.79 Å². The van der Waals surface area contributed by atoms with Crippen molar-refractivity contribution in [3.8, 4) is 17.0 Å². The molecule has 0 aliphatic carbocycles. The number of benzene rings is 2. The standard InChI is InChI=1S/C24H27N5O2/c1-15(2)29-16(3)23(30)28(4)21-11-8-18(14-22(21)29)26-24-25-13-12-20(27-24)17-6-9-19(31-5)10-7-17/h6-16H,1-5H3,(H,25,26,27)/t16-/m1/s1. The second kappa shape index (κ2) is 8.26. The largest absolute Gasteiger partial charge is 0.497 e. The summed E-state index contributed by atoms with van der Waals surface area (Å²) in [6.07, 6.45) is 1.74. The van der Waals surface area contributed by atoms with Gasteiger partial charge in [0.1, 0.15) is 11.8 Å². The number of amides is 1. The zero-order valence-electron chi connectivity index (χ0n) is 18.5. The summed E-state index contributed by atoms with van der Waals surface area (Å²) >= 11 is 0. The van der Waals surface area contributed by atoms with E-state index in [1.807, 2.05) is 56.4 Å². The Bertz CT molecular complexity index is 1100. The van der Waals surface area contributed by atoms with E-state index in [0.29, 0.717) is 5.95 Å². The molecule has 0 spiro atoms. The summed E-state index contributed by atoms with van der Waals surface area (Å²) in [5, 5.41) is 3.31. The van der Waals surface area contributed by atoms with Gasteiger partial charge >= 0.3 is 0 Å². The molecule has 7 nitrogen and oxygen atoms in total. The molecule has 2 aromatic carbocycles. The molecule has 0 saturated heterocycles. The van der Waals surface area contributed by atoms with E-state index >= 15 is 0 Å². The average molecular weight is 418 g/mol. The first-order chi connectivity index (χ1) is 14.9. The van der Waals surface area contributed by atoms with Crippen LogP contribution in [0.3, 0.4) is 0 Å². The second-order valence-corrected chi connectivity index (χ2v) is 7.90. The fourth-order valence-electron chi connectivity index (χ4n) is 4.01. The summed E-state index contributed by atoms with van der Waals surface area (Å²) in [6, 6.07) is 15.6. The Hall–Kier alpha value is -3.61. The molecule has 3 aromatic rings. The molecule has 0 unspecified atom stereocenters. The lowest BCUT2D eigenvalue weighted by Gasteiger charge is -2.42. The van der Waals surface area contributed by atoms with E-state index < -0.39 is 0 Å². The van der Waals surface area contributed by atoms with Crippen LogP contribution in [0.5, 0.6) is 5.75 Å². The van der Waals surface area contributed by atoms with Crippen molar-refractivity contribution in [1.29, 1.82) is 0 Å². The van der Waals surface area contributed by atoms with E-state index in [1.54, 1.807) is 18.2 Å². The molecule has 4 rings (SSSR count). The van der Waals surface area contributed by atoms with Crippen molar-refractivity contribution in [2.75, 3.05) is 29.3 Å². The Balaban J connectivity index is 1.64. The van der Waals surface area contributed by atoms with Crippen molar-refractivity contribution in [2.45, 2.75) is 32.9 Å². The first-order valence-corrected chi connectivity index (χ1v) is 10.3. The van der Waals surface area contributed by atoms with E-state index in [4.69, 9.17) is 4.74 Å². The van der Waals surface area contributed by atoms with Gasteiger partial charge < -0.3 is 19.9 Å². The third-order valence-electron chi connectivity index (χ3n) is 5.57. The van der Waals surface area contributed by atoms with E-state index in [-0.39, 0.29) is 18.0 Å². The van der Waals surface area contributed by atoms with Crippen molar-refractivity contribution in [3.05, 3.63) is 54.7 Å². The van der Waals surface area contributed by atoms with Gasteiger partial charge in [-0.3, -0.25) is 4.79 Å². The molecule has 1 aliphatic heterocycles. The molecule has 0 saturated carbocycles. The molecule has 0 radical (unpaired) electrons. The van der Waals surface area contributed by atoms with Gasteiger partial charge in [-0.05, 0) is 69.3 Å². The molecule has 1 aromatic heterocycles. The molecule has 7 heteroatoms. The molecular weight excluding hydrogens is 390 g/mol. The number of carbonyl (C=O) groups excluding carboxylic acids is 1. The summed E-state index contributed by atoms with van der Waals surface area (Å²) in [4.78, 5) is 25.5. The van der Waals surface area contributed by atoms with Gasteiger partial charge in [-0.25, -0.2) is 9.97 Å². The predicted molar refractivity (Wildman–Crippen MR) is 124 cm³/mol. The van der Waals surface area contributed by atoms with E-state index in [0.717, 1.165) is 34.1 Å². The highest BCUT2D eigenvalue weighted by Crippen LogP contribution is 2.39. The van der Waals surface area contributed by atoms with Crippen molar-refractivity contribution >= 4 is 28.9 Å². The lowest BCUT2D eigenvalue weighted by Crippen LogP contribution is -2.53. The van der Waals surface area contributed by atoms with Crippen molar-refractivity contribution in [1.82, 2.24) is 9.97 Å². The zero-order chi connectivity index (χ0) is 22.1. The van der Waals surface area contributed by atoms with Crippen LogP contribution in [0.15, 0.2) is 54.7 Å². The van der Waals surface area contributed by atoms with Crippen LogP contribution >= 0.6 is 0 Å². The normalized spacial score (nSPS) is 15.8.